The second-order valence-corrected chi connectivity index (χ2v) is 5.19. The molecule has 108 valence electrons. The van der Waals surface area contributed by atoms with Crippen molar-refractivity contribution < 1.29 is 14.3 Å². The van der Waals surface area contributed by atoms with E-state index in [2.05, 4.69) is 10.6 Å². The molecule has 1 heterocycles. The average Bonchev–Trinajstić information content (AvgIpc) is 2.95. The van der Waals surface area contributed by atoms with Gasteiger partial charge in [0.25, 0.3) is 0 Å². The Balaban J connectivity index is 1.72. The summed E-state index contributed by atoms with van der Waals surface area (Å²) in [4.78, 5) is 23.2. The minimum absolute atomic E-state index is 0.277. The molecule has 1 aliphatic heterocycles. The van der Waals surface area contributed by atoms with Crippen LogP contribution in [-0.4, -0.2) is 31.6 Å². The van der Waals surface area contributed by atoms with Crippen molar-refractivity contribution in [1.82, 2.24) is 10.6 Å². The maximum atomic E-state index is 11.6. The summed E-state index contributed by atoms with van der Waals surface area (Å²) < 4.78 is 5.20. The number of benzene rings is 1. The number of nitrogens with one attached hydrogen (secondary N) is 2. The Kier molecular flexibility index (Phi) is 5.38. The Morgan fingerprint density at radius 3 is 2.80 bits per heavy atom. The molecule has 1 aromatic rings. The van der Waals surface area contributed by atoms with Gasteiger partial charge in [-0.2, -0.15) is 0 Å². The predicted molar refractivity (Wildman–Crippen MR) is 75.2 cm³/mol. The summed E-state index contributed by atoms with van der Waals surface area (Å²) in [7, 11) is 0. The summed E-state index contributed by atoms with van der Waals surface area (Å²) in [5.41, 5.74) is 0.850. The fourth-order valence-corrected chi connectivity index (χ4v) is 2.18. The minimum atomic E-state index is -0.635. The first-order valence-electron chi connectivity index (χ1n) is 6.53. The van der Waals surface area contributed by atoms with Crippen LogP contribution in [0.25, 0.3) is 0 Å². The highest BCUT2D eigenvalue weighted by Gasteiger charge is 2.19. The van der Waals surface area contributed by atoms with Crippen LogP contribution in [0.2, 0.25) is 5.02 Å². The third-order valence-electron chi connectivity index (χ3n) is 3.12. The van der Waals surface area contributed by atoms with E-state index in [9.17, 15) is 9.59 Å². The number of hydrogen-bond donors (Lipinski definition) is 2. The van der Waals surface area contributed by atoms with Crippen molar-refractivity contribution in [2.45, 2.75) is 13.0 Å². The molecule has 0 spiro atoms. The van der Waals surface area contributed by atoms with Crippen molar-refractivity contribution in [3.8, 4) is 0 Å². The summed E-state index contributed by atoms with van der Waals surface area (Å²) >= 11 is 5.84. The van der Waals surface area contributed by atoms with Crippen molar-refractivity contribution in [3.63, 3.8) is 0 Å². The monoisotopic (exact) mass is 296 g/mol. The van der Waals surface area contributed by atoms with Crippen molar-refractivity contribution in [3.05, 3.63) is 34.9 Å². The van der Waals surface area contributed by atoms with E-state index in [-0.39, 0.29) is 6.54 Å². The topological polar surface area (TPSA) is 67.4 Å². The highest BCUT2D eigenvalue weighted by Crippen LogP contribution is 2.11. The van der Waals surface area contributed by atoms with Gasteiger partial charge in [-0.05, 0) is 24.1 Å². The summed E-state index contributed by atoms with van der Waals surface area (Å²) in [6, 6.07) is 7.13. The Hall–Kier alpha value is -1.59. The summed E-state index contributed by atoms with van der Waals surface area (Å²) in [6.45, 7) is 2.12. The van der Waals surface area contributed by atoms with Crippen LogP contribution in [0.1, 0.15) is 12.0 Å². The number of rotatable bonds is 4. The lowest BCUT2D eigenvalue weighted by molar-refractivity contribution is -0.139. The number of ether oxygens (including phenoxy) is 1. The first kappa shape index (κ1) is 14.8. The molecular weight excluding hydrogens is 280 g/mol. The van der Waals surface area contributed by atoms with Gasteiger partial charge in [0.05, 0.1) is 6.61 Å². The van der Waals surface area contributed by atoms with E-state index < -0.39 is 11.8 Å². The third kappa shape index (κ3) is 4.51. The molecule has 2 rings (SSSR count). The third-order valence-corrected chi connectivity index (χ3v) is 3.36. The highest BCUT2D eigenvalue weighted by molar-refractivity contribution is 6.35. The zero-order valence-corrected chi connectivity index (χ0v) is 11.8. The average molecular weight is 297 g/mol. The first-order chi connectivity index (χ1) is 9.65. The Morgan fingerprint density at radius 2 is 2.10 bits per heavy atom. The van der Waals surface area contributed by atoms with Crippen molar-refractivity contribution in [2.75, 3.05) is 19.8 Å². The molecule has 0 bridgehead atoms. The molecule has 20 heavy (non-hydrogen) atoms. The Bertz CT molecular complexity index is 487. The van der Waals surface area contributed by atoms with Crippen LogP contribution in [0.4, 0.5) is 0 Å². The van der Waals surface area contributed by atoms with Crippen LogP contribution in [0, 0.1) is 5.92 Å². The lowest BCUT2D eigenvalue weighted by Gasteiger charge is -2.09. The summed E-state index contributed by atoms with van der Waals surface area (Å²) in [6.07, 6.45) is 0.921. The molecule has 0 aliphatic carbocycles. The van der Waals surface area contributed by atoms with Crippen LogP contribution >= 0.6 is 11.6 Å². The highest BCUT2D eigenvalue weighted by atomic mass is 35.5. The van der Waals surface area contributed by atoms with Crippen molar-refractivity contribution in [2.24, 2.45) is 5.92 Å². The number of carbonyl (C=O) groups excluding carboxylic acids is 2. The lowest BCUT2D eigenvalue weighted by Crippen LogP contribution is -2.41. The molecule has 0 aromatic heterocycles. The molecule has 1 saturated heterocycles. The summed E-state index contributed by atoms with van der Waals surface area (Å²) in [5, 5.41) is 5.77. The van der Waals surface area contributed by atoms with Crippen LogP contribution in [0.3, 0.4) is 0 Å². The predicted octanol–water partition coefficient (Wildman–Crippen LogP) is 1.11. The molecule has 1 atom stereocenters. The van der Waals surface area contributed by atoms with Gasteiger partial charge in [0.2, 0.25) is 0 Å². The van der Waals surface area contributed by atoms with E-state index in [0.717, 1.165) is 18.6 Å². The van der Waals surface area contributed by atoms with Gasteiger partial charge in [-0.3, -0.25) is 9.59 Å². The van der Waals surface area contributed by atoms with E-state index >= 15 is 0 Å². The van der Waals surface area contributed by atoms with Crippen LogP contribution < -0.4 is 10.6 Å². The van der Waals surface area contributed by atoms with Crippen LogP contribution in [0.15, 0.2) is 24.3 Å². The number of hydrogen-bond acceptors (Lipinski definition) is 3. The Morgan fingerprint density at radius 1 is 1.30 bits per heavy atom. The molecule has 1 unspecified atom stereocenters. The van der Waals surface area contributed by atoms with E-state index in [1.807, 2.05) is 6.07 Å². The van der Waals surface area contributed by atoms with Gasteiger partial charge in [-0.1, -0.05) is 23.7 Å². The van der Waals surface area contributed by atoms with Gasteiger partial charge < -0.3 is 15.4 Å². The van der Waals surface area contributed by atoms with Crippen LogP contribution in [0.5, 0.6) is 0 Å². The van der Waals surface area contributed by atoms with E-state index in [1.54, 1.807) is 18.2 Å². The van der Waals surface area contributed by atoms with Gasteiger partial charge >= 0.3 is 11.8 Å². The zero-order valence-electron chi connectivity index (χ0n) is 11.0. The second kappa shape index (κ2) is 7.26. The molecular formula is C14H17ClN2O3. The molecule has 0 saturated carbocycles. The molecule has 1 aromatic carbocycles. The molecule has 0 radical (unpaired) electrons. The maximum absolute atomic E-state index is 11.6. The van der Waals surface area contributed by atoms with Gasteiger partial charge in [0.1, 0.15) is 0 Å². The van der Waals surface area contributed by atoms with Gasteiger partial charge in [-0.25, -0.2) is 0 Å². The fraction of sp³-hybridized carbons (Fsp3) is 0.429. The second-order valence-electron chi connectivity index (χ2n) is 4.75. The number of carbonyl (C=O) groups is 2. The van der Waals surface area contributed by atoms with E-state index in [0.29, 0.717) is 24.1 Å². The van der Waals surface area contributed by atoms with Gasteiger partial charge in [-0.15, -0.1) is 0 Å². The standard InChI is InChI=1S/C14H17ClN2O3/c15-12-3-1-2-10(6-12)7-16-13(18)14(19)17-8-11-4-5-20-9-11/h1-3,6,11H,4-5,7-9H2,(H,16,18)(H,17,19). The molecule has 2 amide bonds. The Labute approximate surface area is 122 Å². The van der Waals surface area contributed by atoms with Crippen LogP contribution in [-0.2, 0) is 20.9 Å². The molecule has 5 nitrogen and oxygen atoms in total. The summed E-state index contributed by atoms with van der Waals surface area (Å²) in [5.74, 6) is -0.942. The lowest BCUT2D eigenvalue weighted by atomic mass is 10.1. The zero-order chi connectivity index (χ0) is 14.4. The van der Waals surface area contributed by atoms with Crippen molar-refractivity contribution >= 4 is 23.4 Å². The molecule has 2 N–H and O–H groups in total. The van der Waals surface area contributed by atoms with E-state index in [4.69, 9.17) is 16.3 Å². The maximum Gasteiger partial charge on any atom is 0.309 e. The largest absolute Gasteiger partial charge is 0.381 e. The molecule has 6 heteroatoms. The van der Waals surface area contributed by atoms with E-state index in [1.165, 1.54) is 0 Å². The van der Waals surface area contributed by atoms with Gasteiger partial charge in [0, 0.05) is 30.6 Å². The number of amides is 2. The quantitative estimate of drug-likeness (QED) is 0.818. The fourth-order valence-electron chi connectivity index (χ4n) is 1.97. The minimum Gasteiger partial charge on any atom is -0.381 e. The normalized spacial score (nSPS) is 17.8. The SMILES string of the molecule is O=C(NCc1cccc(Cl)c1)C(=O)NCC1CCOC1. The van der Waals surface area contributed by atoms with Gasteiger partial charge in [0.15, 0.2) is 0 Å². The molecule has 1 aliphatic rings. The molecule has 1 fully saturated rings. The smallest absolute Gasteiger partial charge is 0.309 e. The first-order valence-corrected chi connectivity index (χ1v) is 6.91. The number of halogens is 1. The van der Waals surface area contributed by atoms with Crippen molar-refractivity contribution in [1.29, 1.82) is 0 Å².